The van der Waals surface area contributed by atoms with Crippen LogP contribution >= 0.6 is 11.6 Å². The Kier molecular flexibility index (Phi) is 4.94. The summed E-state index contributed by atoms with van der Waals surface area (Å²) in [6.07, 6.45) is 5.36. The molecule has 2 aromatic rings. The molecule has 3 rings (SSSR count). The maximum atomic E-state index is 12.7. The number of nitrogens with zero attached hydrogens (tertiary/aromatic N) is 2. The molecule has 5 heteroatoms. The summed E-state index contributed by atoms with van der Waals surface area (Å²) in [6.45, 7) is 2.24. The lowest BCUT2D eigenvalue weighted by atomic mass is 9.96. The maximum absolute atomic E-state index is 12.7. The number of benzene rings is 1. The van der Waals surface area contributed by atoms with Gasteiger partial charge in [0.15, 0.2) is 0 Å². The number of halogens is 1. The highest BCUT2D eigenvalue weighted by Gasteiger charge is 2.23. The summed E-state index contributed by atoms with van der Waals surface area (Å²) >= 11 is 5.92. The molecule has 0 aliphatic carbocycles. The van der Waals surface area contributed by atoms with Crippen molar-refractivity contribution in [1.29, 1.82) is 0 Å². The number of carbonyl (C=O) groups excluding carboxylic acids is 1. The van der Waals surface area contributed by atoms with Crippen LogP contribution in [0.1, 0.15) is 23.2 Å². The summed E-state index contributed by atoms with van der Waals surface area (Å²) in [4.78, 5) is 18.8. The highest BCUT2D eigenvalue weighted by atomic mass is 35.5. The zero-order chi connectivity index (χ0) is 16.2. The number of amides is 1. The molecule has 0 spiro atoms. The van der Waals surface area contributed by atoms with Gasteiger partial charge in [-0.05, 0) is 49.1 Å². The third-order valence-corrected chi connectivity index (χ3v) is 4.65. The van der Waals surface area contributed by atoms with Gasteiger partial charge in [0.05, 0.1) is 5.56 Å². The standard InChI is InChI=1S/C18H20ClN3O/c19-17-3-1-14(2-4-17)15-9-16(12-21-11-15)18(23)22-7-5-13(10-20)6-8-22/h1-4,9,11-13H,5-8,10,20H2. The Balaban J connectivity index is 1.77. The summed E-state index contributed by atoms with van der Waals surface area (Å²) in [5.74, 6) is 0.585. The molecule has 1 aliphatic heterocycles. The quantitative estimate of drug-likeness (QED) is 0.940. The normalized spacial score (nSPS) is 15.7. The van der Waals surface area contributed by atoms with Crippen LogP contribution < -0.4 is 5.73 Å². The van der Waals surface area contributed by atoms with E-state index >= 15 is 0 Å². The van der Waals surface area contributed by atoms with Gasteiger partial charge in [-0.3, -0.25) is 9.78 Å². The Hall–Kier alpha value is -1.91. The number of hydrogen-bond donors (Lipinski definition) is 1. The molecule has 4 nitrogen and oxygen atoms in total. The number of rotatable bonds is 3. The summed E-state index contributed by atoms with van der Waals surface area (Å²) in [5, 5.41) is 0.691. The Bertz CT molecular complexity index is 679. The summed E-state index contributed by atoms with van der Waals surface area (Å²) in [6, 6.07) is 9.43. The molecular weight excluding hydrogens is 310 g/mol. The fourth-order valence-electron chi connectivity index (χ4n) is 2.91. The number of likely N-dealkylation sites (tertiary alicyclic amines) is 1. The molecule has 1 aromatic carbocycles. The van der Waals surface area contributed by atoms with Crippen molar-refractivity contribution in [2.45, 2.75) is 12.8 Å². The van der Waals surface area contributed by atoms with E-state index in [1.165, 1.54) is 0 Å². The van der Waals surface area contributed by atoms with Gasteiger partial charge in [0.25, 0.3) is 5.91 Å². The Morgan fingerprint density at radius 2 is 1.87 bits per heavy atom. The molecule has 120 valence electrons. The van der Waals surface area contributed by atoms with E-state index in [2.05, 4.69) is 4.98 Å². The molecule has 0 unspecified atom stereocenters. The van der Waals surface area contributed by atoms with Gasteiger partial charge in [-0.2, -0.15) is 0 Å². The molecule has 0 bridgehead atoms. The molecule has 1 amide bonds. The van der Waals surface area contributed by atoms with Gasteiger partial charge in [0, 0.05) is 36.1 Å². The van der Waals surface area contributed by atoms with E-state index in [0.29, 0.717) is 23.0 Å². The molecule has 1 aromatic heterocycles. The first-order chi connectivity index (χ1) is 11.2. The van der Waals surface area contributed by atoms with Gasteiger partial charge in [-0.25, -0.2) is 0 Å². The third kappa shape index (κ3) is 3.71. The van der Waals surface area contributed by atoms with Crippen LogP contribution in [0.3, 0.4) is 0 Å². The van der Waals surface area contributed by atoms with Crippen molar-refractivity contribution in [3.8, 4) is 11.1 Å². The van der Waals surface area contributed by atoms with Crippen LogP contribution in [0.5, 0.6) is 0 Å². The molecular formula is C18H20ClN3O. The number of aromatic nitrogens is 1. The lowest BCUT2D eigenvalue weighted by Crippen LogP contribution is -2.40. The van der Waals surface area contributed by atoms with Crippen molar-refractivity contribution in [2.24, 2.45) is 11.7 Å². The van der Waals surface area contributed by atoms with Crippen LogP contribution in [-0.4, -0.2) is 35.4 Å². The molecule has 0 saturated carbocycles. The minimum atomic E-state index is 0.0452. The van der Waals surface area contributed by atoms with Gasteiger partial charge >= 0.3 is 0 Å². The van der Waals surface area contributed by atoms with Gasteiger partial charge < -0.3 is 10.6 Å². The predicted octanol–water partition coefficient (Wildman–Crippen LogP) is 3.21. The van der Waals surface area contributed by atoms with E-state index in [1.54, 1.807) is 12.4 Å². The van der Waals surface area contributed by atoms with Crippen LogP contribution in [0, 0.1) is 5.92 Å². The molecule has 23 heavy (non-hydrogen) atoms. The third-order valence-electron chi connectivity index (χ3n) is 4.40. The number of hydrogen-bond acceptors (Lipinski definition) is 3. The number of piperidine rings is 1. The van der Waals surface area contributed by atoms with Crippen molar-refractivity contribution >= 4 is 17.5 Å². The van der Waals surface area contributed by atoms with Gasteiger partial charge in [0.1, 0.15) is 0 Å². The molecule has 1 fully saturated rings. The zero-order valence-electron chi connectivity index (χ0n) is 12.9. The van der Waals surface area contributed by atoms with Crippen LogP contribution in [0.4, 0.5) is 0 Å². The van der Waals surface area contributed by atoms with Crippen LogP contribution in [0.2, 0.25) is 5.02 Å². The van der Waals surface area contributed by atoms with E-state index in [-0.39, 0.29) is 5.91 Å². The van der Waals surface area contributed by atoms with Crippen molar-refractivity contribution in [3.05, 3.63) is 53.3 Å². The molecule has 2 N–H and O–H groups in total. The first-order valence-electron chi connectivity index (χ1n) is 7.87. The van der Waals surface area contributed by atoms with E-state index in [4.69, 9.17) is 17.3 Å². The van der Waals surface area contributed by atoms with Crippen molar-refractivity contribution in [3.63, 3.8) is 0 Å². The Labute approximate surface area is 141 Å². The predicted molar refractivity (Wildman–Crippen MR) is 92.4 cm³/mol. The average molecular weight is 330 g/mol. The molecule has 1 aliphatic rings. The minimum absolute atomic E-state index is 0.0452. The smallest absolute Gasteiger partial charge is 0.255 e. The number of carbonyl (C=O) groups is 1. The molecule has 1 saturated heterocycles. The Morgan fingerprint density at radius 1 is 1.17 bits per heavy atom. The van der Waals surface area contributed by atoms with Crippen LogP contribution in [0.15, 0.2) is 42.7 Å². The molecule has 0 atom stereocenters. The van der Waals surface area contributed by atoms with Crippen LogP contribution in [-0.2, 0) is 0 Å². The van der Waals surface area contributed by atoms with Crippen molar-refractivity contribution in [2.75, 3.05) is 19.6 Å². The lowest BCUT2D eigenvalue weighted by Gasteiger charge is -2.31. The second-order valence-electron chi connectivity index (χ2n) is 5.94. The summed E-state index contributed by atoms with van der Waals surface area (Å²) < 4.78 is 0. The first kappa shape index (κ1) is 16.0. The van der Waals surface area contributed by atoms with Crippen molar-refractivity contribution < 1.29 is 4.79 Å². The second-order valence-corrected chi connectivity index (χ2v) is 6.38. The van der Waals surface area contributed by atoms with Crippen molar-refractivity contribution in [1.82, 2.24) is 9.88 Å². The molecule has 2 heterocycles. The maximum Gasteiger partial charge on any atom is 0.255 e. The zero-order valence-corrected chi connectivity index (χ0v) is 13.7. The highest BCUT2D eigenvalue weighted by molar-refractivity contribution is 6.30. The van der Waals surface area contributed by atoms with Gasteiger partial charge in [-0.1, -0.05) is 23.7 Å². The van der Waals surface area contributed by atoms with E-state index in [9.17, 15) is 4.79 Å². The highest BCUT2D eigenvalue weighted by Crippen LogP contribution is 2.23. The van der Waals surface area contributed by atoms with Crippen LogP contribution in [0.25, 0.3) is 11.1 Å². The first-order valence-corrected chi connectivity index (χ1v) is 8.25. The number of nitrogens with two attached hydrogens (primary N) is 1. The van der Waals surface area contributed by atoms with Gasteiger partial charge in [-0.15, -0.1) is 0 Å². The van der Waals surface area contributed by atoms with E-state index < -0.39 is 0 Å². The summed E-state index contributed by atoms with van der Waals surface area (Å²) in [5.41, 5.74) is 8.26. The average Bonchev–Trinajstić information content (AvgIpc) is 2.62. The molecule has 0 radical (unpaired) electrons. The largest absolute Gasteiger partial charge is 0.339 e. The topological polar surface area (TPSA) is 59.2 Å². The minimum Gasteiger partial charge on any atom is -0.339 e. The van der Waals surface area contributed by atoms with E-state index in [1.807, 2.05) is 35.2 Å². The fraction of sp³-hybridized carbons (Fsp3) is 0.333. The van der Waals surface area contributed by atoms with Gasteiger partial charge in [0.2, 0.25) is 0 Å². The Morgan fingerprint density at radius 3 is 2.52 bits per heavy atom. The summed E-state index contributed by atoms with van der Waals surface area (Å²) in [7, 11) is 0. The van der Waals surface area contributed by atoms with E-state index in [0.717, 1.165) is 37.1 Å². The lowest BCUT2D eigenvalue weighted by molar-refractivity contribution is 0.0693. The fourth-order valence-corrected chi connectivity index (χ4v) is 3.04. The SMILES string of the molecule is NCC1CCN(C(=O)c2cncc(-c3ccc(Cl)cc3)c2)CC1. The second kappa shape index (κ2) is 7.11. The monoisotopic (exact) mass is 329 g/mol. The number of pyridine rings is 1.